The summed E-state index contributed by atoms with van der Waals surface area (Å²) in [6.45, 7) is 7.51. The van der Waals surface area contributed by atoms with Crippen LogP contribution < -0.4 is 5.32 Å². The molecule has 1 saturated heterocycles. The lowest BCUT2D eigenvalue weighted by atomic mass is 10.1. The molecule has 1 aromatic heterocycles. The second kappa shape index (κ2) is 7.55. The van der Waals surface area contributed by atoms with Crippen LogP contribution in [0.15, 0.2) is 6.33 Å². The van der Waals surface area contributed by atoms with Crippen molar-refractivity contribution in [3.8, 4) is 0 Å². The summed E-state index contributed by atoms with van der Waals surface area (Å²) in [7, 11) is 0. The molecule has 0 saturated carbocycles. The average molecular weight is 300 g/mol. The molecule has 2 atom stereocenters. The van der Waals surface area contributed by atoms with Gasteiger partial charge in [0.15, 0.2) is 0 Å². The zero-order valence-corrected chi connectivity index (χ0v) is 13.6. The predicted molar refractivity (Wildman–Crippen MR) is 85.1 cm³/mol. The van der Waals surface area contributed by atoms with E-state index in [-0.39, 0.29) is 0 Å². The molecule has 1 aliphatic heterocycles. The van der Waals surface area contributed by atoms with Gasteiger partial charge in [-0.15, -0.1) is 0 Å². The first kappa shape index (κ1) is 15.2. The van der Waals surface area contributed by atoms with E-state index >= 15 is 0 Å². The molecule has 0 amide bonds. The van der Waals surface area contributed by atoms with E-state index in [2.05, 4.69) is 59.7 Å². The summed E-state index contributed by atoms with van der Waals surface area (Å²) >= 11 is 4.18. The van der Waals surface area contributed by atoms with Crippen molar-refractivity contribution < 1.29 is 0 Å². The number of nitrogens with one attached hydrogen (secondary N) is 1. The number of rotatable bonds is 6. The van der Waals surface area contributed by atoms with Gasteiger partial charge in [-0.25, -0.2) is 9.67 Å². The highest BCUT2D eigenvalue weighted by Gasteiger charge is 2.26. The zero-order chi connectivity index (χ0) is 13.7. The number of hydrogen-bond donors (Lipinski definition) is 1. The van der Waals surface area contributed by atoms with Crippen molar-refractivity contribution in [1.82, 2.24) is 20.1 Å². The van der Waals surface area contributed by atoms with Gasteiger partial charge in [0.25, 0.3) is 0 Å². The van der Waals surface area contributed by atoms with E-state index in [1.165, 1.54) is 17.3 Å². The van der Waals surface area contributed by atoms with E-state index in [1.54, 1.807) is 6.33 Å². The maximum atomic E-state index is 4.45. The van der Waals surface area contributed by atoms with Crippen LogP contribution in [0.3, 0.4) is 0 Å². The largest absolute Gasteiger partial charge is 0.313 e. The summed E-state index contributed by atoms with van der Waals surface area (Å²) in [5, 5.41) is 8.67. The molecule has 108 valence electrons. The summed E-state index contributed by atoms with van der Waals surface area (Å²) in [5.41, 5.74) is 0. The number of likely N-dealkylation sites (N-methyl/N-ethyl adjacent to an activating group) is 1. The van der Waals surface area contributed by atoms with Gasteiger partial charge < -0.3 is 5.32 Å². The van der Waals surface area contributed by atoms with Gasteiger partial charge in [-0.05, 0) is 20.4 Å². The molecule has 0 radical (unpaired) electrons. The molecule has 4 nitrogen and oxygen atoms in total. The smallest absolute Gasteiger partial charge is 0.138 e. The Labute approximate surface area is 124 Å². The van der Waals surface area contributed by atoms with Crippen LogP contribution in [0, 0.1) is 0 Å². The quantitative estimate of drug-likeness (QED) is 0.872. The molecule has 1 aromatic rings. The van der Waals surface area contributed by atoms with Crippen molar-refractivity contribution in [3.63, 3.8) is 0 Å². The minimum Gasteiger partial charge on any atom is -0.313 e. The Morgan fingerprint density at radius 1 is 1.47 bits per heavy atom. The molecule has 2 rings (SSSR count). The van der Waals surface area contributed by atoms with Gasteiger partial charge in [0.2, 0.25) is 0 Å². The van der Waals surface area contributed by atoms with E-state index in [4.69, 9.17) is 0 Å². The molecule has 0 aromatic carbocycles. The van der Waals surface area contributed by atoms with Crippen LogP contribution in [0.1, 0.15) is 32.6 Å². The monoisotopic (exact) mass is 300 g/mol. The van der Waals surface area contributed by atoms with E-state index in [0.29, 0.717) is 17.3 Å². The molecule has 2 heterocycles. The van der Waals surface area contributed by atoms with Gasteiger partial charge >= 0.3 is 0 Å². The highest BCUT2D eigenvalue weighted by atomic mass is 32.2. The first-order chi connectivity index (χ1) is 9.22. The molecule has 2 unspecified atom stereocenters. The van der Waals surface area contributed by atoms with Crippen LogP contribution in [-0.2, 0) is 6.42 Å². The van der Waals surface area contributed by atoms with Gasteiger partial charge in [0, 0.05) is 41.0 Å². The molecule has 0 aliphatic carbocycles. The average Bonchev–Trinajstić information content (AvgIpc) is 2.88. The van der Waals surface area contributed by atoms with Gasteiger partial charge in [0.05, 0.1) is 0 Å². The minimum atomic E-state index is 0.383. The van der Waals surface area contributed by atoms with Gasteiger partial charge in [-0.3, -0.25) is 0 Å². The molecule has 6 heteroatoms. The highest BCUT2D eigenvalue weighted by molar-refractivity contribution is 8.06. The Bertz CT molecular complexity index is 374. The van der Waals surface area contributed by atoms with E-state index < -0.39 is 0 Å². The molecule has 1 aliphatic rings. The molecule has 1 N–H and O–H groups in total. The second-order valence-electron chi connectivity index (χ2n) is 5.07. The second-order valence-corrected chi connectivity index (χ2v) is 7.56. The Morgan fingerprint density at radius 2 is 2.32 bits per heavy atom. The highest BCUT2D eigenvalue weighted by Crippen LogP contribution is 2.27. The number of hydrogen-bond acceptors (Lipinski definition) is 5. The third-order valence-corrected chi connectivity index (χ3v) is 6.22. The maximum Gasteiger partial charge on any atom is 0.138 e. The lowest BCUT2D eigenvalue weighted by Crippen LogP contribution is -2.43. The van der Waals surface area contributed by atoms with Crippen molar-refractivity contribution in [1.29, 1.82) is 0 Å². The molecule has 0 bridgehead atoms. The molecular formula is C13H24N4S2. The standard InChI is InChI=1S/C13H24N4S2/c1-4-14-11(12-8-18-5-6-19-12)7-13-15-9-16-17(13)10(2)3/h9-12,14H,4-8H2,1-3H3. The van der Waals surface area contributed by atoms with Crippen molar-refractivity contribution in [3.05, 3.63) is 12.2 Å². The Hall–Kier alpha value is -0.200. The van der Waals surface area contributed by atoms with Crippen LogP contribution in [-0.4, -0.2) is 49.9 Å². The van der Waals surface area contributed by atoms with Crippen molar-refractivity contribution >= 4 is 23.5 Å². The van der Waals surface area contributed by atoms with Crippen LogP contribution in [0.4, 0.5) is 0 Å². The fraction of sp³-hybridized carbons (Fsp3) is 0.846. The van der Waals surface area contributed by atoms with Crippen molar-refractivity contribution in [2.24, 2.45) is 0 Å². The van der Waals surface area contributed by atoms with E-state index in [1.807, 2.05) is 4.68 Å². The van der Waals surface area contributed by atoms with Gasteiger partial charge in [-0.1, -0.05) is 6.92 Å². The maximum absolute atomic E-state index is 4.45. The third kappa shape index (κ3) is 4.13. The van der Waals surface area contributed by atoms with Crippen molar-refractivity contribution in [2.75, 3.05) is 23.8 Å². The Balaban J connectivity index is 2.04. The summed E-state index contributed by atoms with van der Waals surface area (Å²) in [4.78, 5) is 4.45. The Morgan fingerprint density at radius 3 is 2.95 bits per heavy atom. The summed E-state index contributed by atoms with van der Waals surface area (Å²) in [6.07, 6.45) is 2.66. The summed E-state index contributed by atoms with van der Waals surface area (Å²) in [5.74, 6) is 4.92. The fourth-order valence-electron chi connectivity index (χ4n) is 2.38. The van der Waals surface area contributed by atoms with Gasteiger partial charge in [-0.2, -0.15) is 28.6 Å². The van der Waals surface area contributed by atoms with E-state index in [9.17, 15) is 0 Å². The van der Waals surface area contributed by atoms with Gasteiger partial charge in [0.1, 0.15) is 12.2 Å². The fourth-order valence-corrected chi connectivity index (χ4v) is 5.27. The molecule has 1 fully saturated rings. The zero-order valence-electron chi connectivity index (χ0n) is 12.0. The minimum absolute atomic E-state index is 0.383. The van der Waals surface area contributed by atoms with Crippen LogP contribution in [0.25, 0.3) is 0 Å². The normalized spacial score (nSPS) is 21.8. The SMILES string of the molecule is CCNC(Cc1ncnn1C(C)C)C1CSCCS1. The molecule has 19 heavy (non-hydrogen) atoms. The topological polar surface area (TPSA) is 42.7 Å². The van der Waals surface area contributed by atoms with Crippen LogP contribution in [0.2, 0.25) is 0 Å². The predicted octanol–water partition coefficient (Wildman–Crippen LogP) is 2.23. The first-order valence-corrected chi connectivity index (χ1v) is 9.23. The lowest BCUT2D eigenvalue weighted by Gasteiger charge is -2.30. The Kier molecular flexibility index (Phi) is 6.04. The molecular weight excluding hydrogens is 276 g/mol. The number of thioether (sulfide) groups is 2. The van der Waals surface area contributed by atoms with Crippen LogP contribution >= 0.6 is 23.5 Å². The summed E-state index contributed by atoms with van der Waals surface area (Å²) < 4.78 is 2.05. The third-order valence-electron chi connectivity index (χ3n) is 3.30. The number of aromatic nitrogens is 3. The first-order valence-electron chi connectivity index (χ1n) is 7.03. The van der Waals surface area contributed by atoms with Crippen LogP contribution in [0.5, 0.6) is 0 Å². The van der Waals surface area contributed by atoms with Crippen molar-refractivity contribution in [2.45, 2.75) is 44.5 Å². The lowest BCUT2D eigenvalue weighted by molar-refractivity contribution is 0.459. The van der Waals surface area contributed by atoms with E-state index in [0.717, 1.165) is 18.8 Å². The molecule has 0 spiro atoms. The summed E-state index contributed by atoms with van der Waals surface area (Å²) in [6, 6.07) is 0.887. The number of nitrogens with zero attached hydrogens (tertiary/aromatic N) is 3.